The Morgan fingerprint density at radius 3 is 2.72 bits per heavy atom. The molecule has 1 aliphatic heterocycles. The number of hydrogen-bond donors (Lipinski definition) is 3. The molecular weight excluding hydrogens is 226 g/mol. The first-order valence-electron chi connectivity index (χ1n) is 7.49. The zero-order valence-electron chi connectivity index (χ0n) is 11.6. The molecule has 1 saturated heterocycles. The Morgan fingerprint density at radius 1 is 1.33 bits per heavy atom. The average molecular weight is 253 g/mol. The van der Waals surface area contributed by atoms with E-state index in [2.05, 4.69) is 22.9 Å². The predicted molar refractivity (Wildman–Crippen MR) is 73.6 cm³/mol. The lowest BCUT2D eigenvalue weighted by Gasteiger charge is -2.37. The maximum absolute atomic E-state index is 11.9. The molecule has 2 fully saturated rings. The monoisotopic (exact) mass is 253 g/mol. The minimum absolute atomic E-state index is 0.0281. The fourth-order valence-corrected chi connectivity index (χ4v) is 3.18. The minimum Gasteiger partial charge on any atom is -0.338 e. The second kappa shape index (κ2) is 6.41. The van der Waals surface area contributed by atoms with Gasteiger partial charge < -0.3 is 16.0 Å². The SMILES string of the molecule is CCC1(CNC(=O)NC2CCCC2)CCCNC1. The predicted octanol–water partition coefficient (Wildman–Crippen LogP) is 2.01. The fraction of sp³-hybridized carbons (Fsp3) is 0.929. The zero-order chi connectivity index (χ0) is 12.8. The molecule has 4 heteroatoms. The number of hydrogen-bond acceptors (Lipinski definition) is 2. The van der Waals surface area contributed by atoms with Crippen LogP contribution in [-0.4, -0.2) is 31.7 Å². The van der Waals surface area contributed by atoms with Gasteiger partial charge in [-0.25, -0.2) is 4.79 Å². The quantitative estimate of drug-likeness (QED) is 0.718. The maximum atomic E-state index is 11.9. The molecule has 4 nitrogen and oxygen atoms in total. The van der Waals surface area contributed by atoms with E-state index >= 15 is 0 Å². The van der Waals surface area contributed by atoms with Gasteiger partial charge in [-0.15, -0.1) is 0 Å². The highest BCUT2D eigenvalue weighted by atomic mass is 16.2. The van der Waals surface area contributed by atoms with Crippen LogP contribution in [0.5, 0.6) is 0 Å². The number of nitrogens with one attached hydrogen (secondary N) is 3. The van der Waals surface area contributed by atoms with Gasteiger partial charge in [0.05, 0.1) is 0 Å². The van der Waals surface area contributed by atoms with Crippen molar-refractivity contribution >= 4 is 6.03 Å². The smallest absolute Gasteiger partial charge is 0.315 e. The number of carbonyl (C=O) groups excluding carboxylic acids is 1. The van der Waals surface area contributed by atoms with E-state index in [1.807, 2.05) is 0 Å². The van der Waals surface area contributed by atoms with Crippen LogP contribution in [0.1, 0.15) is 51.9 Å². The maximum Gasteiger partial charge on any atom is 0.315 e. The first-order valence-corrected chi connectivity index (χ1v) is 7.49. The van der Waals surface area contributed by atoms with Crippen molar-refractivity contribution in [2.75, 3.05) is 19.6 Å². The van der Waals surface area contributed by atoms with E-state index in [0.29, 0.717) is 6.04 Å². The fourth-order valence-electron chi connectivity index (χ4n) is 3.18. The molecule has 2 rings (SSSR count). The first-order chi connectivity index (χ1) is 8.74. The molecule has 3 N–H and O–H groups in total. The van der Waals surface area contributed by atoms with Crippen molar-refractivity contribution in [1.29, 1.82) is 0 Å². The van der Waals surface area contributed by atoms with Crippen molar-refractivity contribution in [3.63, 3.8) is 0 Å². The summed E-state index contributed by atoms with van der Waals surface area (Å²) in [6.07, 6.45) is 8.38. The van der Waals surface area contributed by atoms with E-state index in [0.717, 1.165) is 38.9 Å². The summed E-state index contributed by atoms with van der Waals surface area (Å²) in [7, 11) is 0. The Kier molecular flexibility index (Phi) is 4.87. The molecule has 2 amide bonds. The van der Waals surface area contributed by atoms with Crippen LogP contribution in [0.25, 0.3) is 0 Å². The molecule has 0 spiro atoms. The highest BCUT2D eigenvalue weighted by Gasteiger charge is 2.30. The zero-order valence-corrected chi connectivity index (χ0v) is 11.6. The molecule has 2 aliphatic rings. The molecule has 1 aliphatic carbocycles. The standard InChI is InChI=1S/C14H27N3O/c1-2-14(8-5-9-15-10-14)11-16-13(18)17-12-6-3-4-7-12/h12,15H,2-11H2,1H3,(H2,16,17,18). The van der Waals surface area contributed by atoms with E-state index in [4.69, 9.17) is 0 Å². The molecule has 1 heterocycles. The molecule has 1 atom stereocenters. The summed E-state index contributed by atoms with van der Waals surface area (Å²) in [5.41, 5.74) is 0.269. The Bertz CT molecular complexity index is 268. The second-order valence-electron chi connectivity index (χ2n) is 5.94. The molecule has 104 valence electrons. The lowest BCUT2D eigenvalue weighted by atomic mass is 9.78. The van der Waals surface area contributed by atoms with E-state index in [9.17, 15) is 4.79 Å². The van der Waals surface area contributed by atoms with E-state index in [-0.39, 0.29) is 11.4 Å². The van der Waals surface area contributed by atoms with Crippen molar-refractivity contribution in [2.24, 2.45) is 5.41 Å². The number of carbonyl (C=O) groups is 1. The van der Waals surface area contributed by atoms with Crippen LogP contribution >= 0.6 is 0 Å². The van der Waals surface area contributed by atoms with E-state index in [1.165, 1.54) is 25.7 Å². The van der Waals surface area contributed by atoms with Gasteiger partial charge in [-0.3, -0.25) is 0 Å². The van der Waals surface area contributed by atoms with Gasteiger partial charge in [-0.1, -0.05) is 19.8 Å². The summed E-state index contributed by atoms with van der Waals surface area (Å²) in [5.74, 6) is 0. The highest BCUT2D eigenvalue weighted by Crippen LogP contribution is 2.29. The van der Waals surface area contributed by atoms with Crippen molar-refractivity contribution in [1.82, 2.24) is 16.0 Å². The molecule has 1 saturated carbocycles. The Hall–Kier alpha value is -0.770. The Labute approximate surface area is 110 Å². The summed E-state index contributed by atoms with van der Waals surface area (Å²) in [6, 6.07) is 0.437. The van der Waals surface area contributed by atoms with Crippen LogP contribution < -0.4 is 16.0 Å². The van der Waals surface area contributed by atoms with Crippen LogP contribution in [-0.2, 0) is 0 Å². The largest absolute Gasteiger partial charge is 0.338 e. The lowest BCUT2D eigenvalue weighted by molar-refractivity contribution is 0.187. The normalized spacial score (nSPS) is 29.2. The summed E-state index contributed by atoms with van der Waals surface area (Å²) in [4.78, 5) is 11.9. The number of amides is 2. The highest BCUT2D eigenvalue weighted by molar-refractivity contribution is 5.74. The van der Waals surface area contributed by atoms with E-state index in [1.54, 1.807) is 0 Å². The van der Waals surface area contributed by atoms with Crippen molar-refractivity contribution in [2.45, 2.75) is 57.9 Å². The van der Waals surface area contributed by atoms with Crippen LogP contribution in [0.15, 0.2) is 0 Å². The molecule has 1 unspecified atom stereocenters. The van der Waals surface area contributed by atoms with Crippen molar-refractivity contribution in [3.05, 3.63) is 0 Å². The average Bonchev–Trinajstić information content (AvgIpc) is 2.90. The molecule has 0 bridgehead atoms. The summed E-state index contributed by atoms with van der Waals surface area (Å²) in [6.45, 7) is 5.18. The number of urea groups is 1. The van der Waals surface area contributed by atoms with Gasteiger partial charge in [-0.2, -0.15) is 0 Å². The molecule has 0 radical (unpaired) electrons. The van der Waals surface area contributed by atoms with Gasteiger partial charge in [0.2, 0.25) is 0 Å². The van der Waals surface area contributed by atoms with Gasteiger partial charge in [-0.05, 0) is 38.6 Å². The Morgan fingerprint density at radius 2 is 2.11 bits per heavy atom. The summed E-state index contributed by atoms with van der Waals surface area (Å²) < 4.78 is 0. The molecular formula is C14H27N3O. The van der Waals surface area contributed by atoms with Crippen molar-refractivity contribution in [3.8, 4) is 0 Å². The third kappa shape index (κ3) is 3.61. The lowest BCUT2D eigenvalue weighted by Crippen LogP contribution is -2.50. The van der Waals surface area contributed by atoms with Gasteiger partial charge in [0.25, 0.3) is 0 Å². The van der Waals surface area contributed by atoms with Gasteiger partial charge in [0.1, 0.15) is 0 Å². The molecule has 0 aromatic rings. The molecule has 0 aromatic carbocycles. The number of piperidine rings is 1. The topological polar surface area (TPSA) is 53.2 Å². The van der Waals surface area contributed by atoms with Crippen LogP contribution in [0.3, 0.4) is 0 Å². The van der Waals surface area contributed by atoms with E-state index < -0.39 is 0 Å². The molecule has 0 aromatic heterocycles. The summed E-state index contributed by atoms with van der Waals surface area (Å²) in [5, 5.41) is 9.62. The first kappa shape index (κ1) is 13.7. The van der Waals surface area contributed by atoms with Gasteiger partial charge in [0, 0.05) is 24.5 Å². The van der Waals surface area contributed by atoms with Crippen molar-refractivity contribution < 1.29 is 4.79 Å². The van der Waals surface area contributed by atoms with Gasteiger partial charge in [0.15, 0.2) is 0 Å². The minimum atomic E-state index is 0.0281. The van der Waals surface area contributed by atoms with Crippen LogP contribution in [0.4, 0.5) is 4.79 Å². The number of rotatable bonds is 4. The van der Waals surface area contributed by atoms with Crippen LogP contribution in [0.2, 0.25) is 0 Å². The molecule has 18 heavy (non-hydrogen) atoms. The van der Waals surface area contributed by atoms with Crippen LogP contribution in [0, 0.1) is 5.41 Å². The third-order valence-corrected chi connectivity index (χ3v) is 4.62. The van der Waals surface area contributed by atoms with Gasteiger partial charge >= 0.3 is 6.03 Å². The summed E-state index contributed by atoms with van der Waals surface area (Å²) >= 11 is 0. The second-order valence-corrected chi connectivity index (χ2v) is 5.94. The third-order valence-electron chi connectivity index (χ3n) is 4.62. The Balaban J connectivity index is 1.73.